The SMILES string of the molecule is CC(N)CCNC(=O)c1cc2c(s1)CCCC2.Cl. The lowest BCUT2D eigenvalue weighted by Gasteiger charge is -2.08. The third-order valence-corrected chi connectivity index (χ3v) is 4.34. The smallest absolute Gasteiger partial charge is 0.261 e. The molecule has 1 aromatic rings. The van der Waals surface area contributed by atoms with Gasteiger partial charge in [-0.15, -0.1) is 23.7 Å². The molecule has 1 aliphatic rings. The molecule has 102 valence electrons. The van der Waals surface area contributed by atoms with Gasteiger partial charge >= 0.3 is 0 Å². The number of nitrogens with two attached hydrogens (primary N) is 1. The zero-order valence-corrected chi connectivity index (χ0v) is 12.3. The van der Waals surface area contributed by atoms with Crippen molar-refractivity contribution in [1.82, 2.24) is 5.32 Å². The molecular weight excluding hydrogens is 268 g/mol. The zero-order chi connectivity index (χ0) is 12.3. The number of carbonyl (C=O) groups is 1. The molecule has 1 unspecified atom stereocenters. The average Bonchev–Trinajstić information content (AvgIpc) is 2.71. The number of thiophene rings is 1. The molecule has 5 heteroatoms. The number of amides is 1. The van der Waals surface area contributed by atoms with Crippen LogP contribution in [0, 0.1) is 0 Å². The first-order valence-corrected chi connectivity index (χ1v) is 7.14. The van der Waals surface area contributed by atoms with Crippen LogP contribution in [0.15, 0.2) is 6.07 Å². The fourth-order valence-electron chi connectivity index (χ4n) is 2.10. The van der Waals surface area contributed by atoms with E-state index in [2.05, 4.69) is 11.4 Å². The molecule has 1 amide bonds. The topological polar surface area (TPSA) is 55.1 Å². The van der Waals surface area contributed by atoms with Crippen LogP contribution < -0.4 is 11.1 Å². The highest BCUT2D eigenvalue weighted by Crippen LogP contribution is 2.29. The third kappa shape index (κ3) is 3.97. The van der Waals surface area contributed by atoms with Crippen LogP contribution in [0.2, 0.25) is 0 Å². The lowest BCUT2D eigenvalue weighted by Crippen LogP contribution is -2.28. The molecule has 1 atom stereocenters. The van der Waals surface area contributed by atoms with E-state index in [-0.39, 0.29) is 24.4 Å². The Labute approximate surface area is 119 Å². The van der Waals surface area contributed by atoms with E-state index in [0.717, 1.165) is 24.1 Å². The highest BCUT2D eigenvalue weighted by atomic mass is 35.5. The van der Waals surface area contributed by atoms with Crippen molar-refractivity contribution >= 4 is 29.7 Å². The maximum Gasteiger partial charge on any atom is 0.261 e. The quantitative estimate of drug-likeness (QED) is 0.894. The van der Waals surface area contributed by atoms with Gasteiger partial charge in [0.2, 0.25) is 0 Å². The molecule has 3 nitrogen and oxygen atoms in total. The van der Waals surface area contributed by atoms with Crippen molar-refractivity contribution in [2.45, 2.75) is 45.1 Å². The first-order valence-electron chi connectivity index (χ1n) is 6.32. The molecule has 1 aromatic heterocycles. The summed E-state index contributed by atoms with van der Waals surface area (Å²) in [7, 11) is 0. The Morgan fingerprint density at radius 3 is 2.89 bits per heavy atom. The summed E-state index contributed by atoms with van der Waals surface area (Å²) < 4.78 is 0. The van der Waals surface area contributed by atoms with Gasteiger partial charge in [-0.2, -0.15) is 0 Å². The molecule has 1 heterocycles. The standard InChI is InChI=1S/C13H20N2OS.ClH/c1-9(14)6-7-15-13(16)12-8-10-4-2-3-5-11(10)17-12;/h8-9H,2-7,14H2,1H3,(H,15,16);1H. The number of carbonyl (C=O) groups excluding carboxylic acids is 1. The van der Waals surface area contributed by atoms with Crippen LogP contribution in [-0.2, 0) is 12.8 Å². The summed E-state index contributed by atoms with van der Waals surface area (Å²) in [4.78, 5) is 14.2. The predicted octanol–water partition coefficient (Wildman–Crippen LogP) is 2.52. The molecule has 0 spiro atoms. The number of hydrogen-bond acceptors (Lipinski definition) is 3. The van der Waals surface area contributed by atoms with Crippen molar-refractivity contribution in [2.24, 2.45) is 5.73 Å². The van der Waals surface area contributed by atoms with E-state index >= 15 is 0 Å². The Kier molecular flexibility index (Phi) is 6.12. The number of aryl methyl sites for hydroxylation is 2. The van der Waals surface area contributed by atoms with Gasteiger partial charge in [0.05, 0.1) is 4.88 Å². The number of nitrogens with one attached hydrogen (secondary N) is 1. The van der Waals surface area contributed by atoms with Crippen LogP contribution in [0.3, 0.4) is 0 Å². The van der Waals surface area contributed by atoms with Gasteiger partial charge in [0.1, 0.15) is 0 Å². The van der Waals surface area contributed by atoms with Gasteiger partial charge in [-0.25, -0.2) is 0 Å². The van der Waals surface area contributed by atoms with E-state index in [1.54, 1.807) is 11.3 Å². The van der Waals surface area contributed by atoms with E-state index < -0.39 is 0 Å². The Balaban J connectivity index is 0.00000162. The number of rotatable bonds is 4. The van der Waals surface area contributed by atoms with E-state index in [1.165, 1.54) is 23.3 Å². The van der Waals surface area contributed by atoms with Gasteiger partial charge in [-0.3, -0.25) is 4.79 Å². The van der Waals surface area contributed by atoms with Gasteiger partial charge in [0.25, 0.3) is 5.91 Å². The Hall–Kier alpha value is -0.580. The summed E-state index contributed by atoms with van der Waals surface area (Å²) in [5, 5.41) is 2.93. The fourth-order valence-corrected chi connectivity index (χ4v) is 3.27. The van der Waals surface area contributed by atoms with E-state index in [9.17, 15) is 4.79 Å². The van der Waals surface area contributed by atoms with Crippen molar-refractivity contribution in [3.05, 3.63) is 21.4 Å². The molecule has 0 saturated heterocycles. The van der Waals surface area contributed by atoms with Crippen molar-refractivity contribution in [3.63, 3.8) is 0 Å². The van der Waals surface area contributed by atoms with Crippen LogP contribution in [0.5, 0.6) is 0 Å². The summed E-state index contributed by atoms with van der Waals surface area (Å²) in [6.45, 7) is 2.62. The minimum Gasteiger partial charge on any atom is -0.351 e. The van der Waals surface area contributed by atoms with Crippen molar-refractivity contribution in [2.75, 3.05) is 6.54 Å². The van der Waals surface area contributed by atoms with Crippen molar-refractivity contribution in [1.29, 1.82) is 0 Å². The zero-order valence-electron chi connectivity index (χ0n) is 10.7. The van der Waals surface area contributed by atoms with Gasteiger partial charge in [-0.05, 0) is 50.7 Å². The molecule has 0 aromatic carbocycles. The van der Waals surface area contributed by atoms with Crippen LogP contribution >= 0.6 is 23.7 Å². The predicted molar refractivity (Wildman–Crippen MR) is 78.8 cm³/mol. The first kappa shape index (κ1) is 15.5. The molecule has 2 rings (SSSR count). The summed E-state index contributed by atoms with van der Waals surface area (Å²) in [5.74, 6) is 0.0602. The Morgan fingerprint density at radius 1 is 1.50 bits per heavy atom. The Bertz CT molecular complexity index is 380. The molecule has 1 aliphatic carbocycles. The molecular formula is C13H21ClN2OS. The second kappa shape index (κ2) is 7.12. The van der Waals surface area contributed by atoms with E-state index in [0.29, 0.717) is 6.54 Å². The summed E-state index contributed by atoms with van der Waals surface area (Å²) in [6, 6.07) is 2.22. The van der Waals surface area contributed by atoms with E-state index in [1.807, 2.05) is 6.92 Å². The van der Waals surface area contributed by atoms with Gasteiger partial charge in [0, 0.05) is 17.5 Å². The molecule has 0 aliphatic heterocycles. The Morgan fingerprint density at radius 2 is 2.22 bits per heavy atom. The molecule has 0 saturated carbocycles. The average molecular weight is 289 g/mol. The summed E-state index contributed by atoms with van der Waals surface area (Å²) >= 11 is 1.66. The van der Waals surface area contributed by atoms with Crippen LogP contribution in [0.1, 0.15) is 46.3 Å². The largest absolute Gasteiger partial charge is 0.351 e. The second-order valence-corrected chi connectivity index (χ2v) is 5.92. The molecule has 18 heavy (non-hydrogen) atoms. The lowest BCUT2D eigenvalue weighted by molar-refractivity contribution is 0.0957. The number of hydrogen-bond donors (Lipinski definition) is 2. The summed E-state index contributed by atoms with van der Waals surface area (Å²) in [5.41, 5.74) is 7.04. The second-order valence-electron chi connectivity index (χ2n) is 4.79. The molecule has 0 radical (unpaired) electrons. The maximum atomic E-state index is 11.9. The third-order valence-electron chi connectivity index (χ3n) is 3.11. The molecule has 0 fully saturated rings. The molecule has 3 N–H and O–H groups in total. The highest BCUT2D eigenvalue weighted by molar-refractivity contribution is 7.14. The van der Waals surface area contributed by atoms with Crippen LogP contribution in [0.4, 0.5) is 0 Å². The van der Waals surface area contributed by atoms with Crippen molar-refractivity contribution in [3.8, 4) is 0 Å². The fraction of sp³-hybridized carbons (Fsp3) is 0.615. The minimum atomic E-state index is 0. The minimum absolute atomic E-state index is 0. The van der Waals surface area contributed by atoms with Crippen molar-refractivity contribution < 1.29 is 4.79 Å². The first-order chi connectivity index (χ1) is 8.16. The number of halogens is 1. The maximum absolute atomic E-state index is 11.9. The normalized spacial score (nSPS) is 15.4. The van der Waals surface area contributed by atoms with E-state index in [4.69, 9.17) is 5.73 Å². The van der Waals surface area contributed by atoms with Crippen LogP contribution in [0.25, 0.3) is 0 Å². The van der Waals surface area contributed by atoms with Gasteiger partial charge < -0.3 is 11.1 Å². The highest BCUT2D eigenvalue weighted by Gasteiger charge is 2.16. The van der Waals surface area contributed by atoms with Gasteiger partial charge in [-0.1, -0.05) is 0 Å². The summed E-state index contributed by atoms with van der Waals surface area (Å²) in [6.07, 6.45) is 5.64. The van der Waals surface area contributed by atoms with Gasteiger partial charge in [0.15, 0.2) is 0 Å². The number of fused-ring (bicyclic) bond motifs is 1. The van der Waals surface area contributed by atoms with Crippen LogP contribution in [-0.4, -0.2) is 18.5 Å². The monoisotopic (exact) mass is 288 g/mol. The molecule has 0 bridgehead atoms. The lowest BCUT2D eigenvalue weighted by atomic mass is 9.99.